The first kappa shape index (κ1) is 16.2. The van der Waals surface area contributed by atoms with Crippen molar-refractivity contribution in [3.8, 4) is 0 Å². The second kappa shape index (κ2) is 6.07. The first-order valence-corrected chi connectivity index (χ1v) is 6.70. The standard InChI is InChI=1S/C16H23NO3/c1-10-7-6-8-12(11(10)2)14(15(19)20)17-13(18)9-16(3,4)5/h6-8,14H,9H2,1-5H3,(H,17,18)(H,19,20). The topological polar surface area (TPSA) is 66.4 Å². The number of carboxylic acids is 1. The maximum atomic E-state index is 12.0. The van der Waals surface area contributed by atoms with Crippen LogP contribution in [0, 0.1) is 19.3 Å². The molecule has 1 aromatic rings. The van der Waals surface area contributed by atoms with Gasteiger partial charge >= 0.3 is 5.97 Å². The molecule has 0 heterocycles. The number of amides is 1. The third-order valence-corrected chi connectivity index (χ3v) is 3.20. The summed E-state index contributed by atoms with van der Waals surface area (Å²) >= 11 is 0. The molecule has 0 bridgehead atoms. The molecule has 0 fully saturated rings. The van der Waals surface area contributed by atoms with Gasteiger partial charge in [-0.15, -0.1) is 0 Å². The Morgan fingerprint density at radius 3 is 2.35 bits per heavy atom. The van der Waals surface area contributed by atoms with Gasteiger partial charge in [0.05, 0.1) is 0 Å². The molecule has 0 spiro atoms. The van der Waals surface area contributed by atoms with Crippen molar-refractivity contribution in [2.24, 2.45) is 5.41 Å². The lowest BCUT2D eigenvalue weighted by molar-refractivity contribution is -0.142. The molecule has 1 atom stereocenters. The van der Waals surface area contributed by atoms with E-state index in [1.165, 1.54) is 0 Å². The molecule has 110 valence electrons. The van der Waals surface area contributed by atoms with E-state index in [-0.39, 0.29) is 11.3 Å². The lowest BCUT2D eigenvalue weighted by Crippen LogP contribution is -2.36. The van der Waals surface area contributed by atoms with Crippen molar-refractivity contribution < 1.29 is 14.7 Å². The van der Waals surface area contributed by atoms with Gasteiger partial charge in [0, 0.05) is 6.42 Å². The Labute approximate surface area is 120 Å². The third-order valence-electron chi connectivity index (χ3n) is 3.20. The molecule has 0 aliphatic heterocycles. The zero-order valence-corrected chi connectivity index (χ0v) is 12.8. The minimum absolute atomic E-state index is 0.172. The Morgan fingerprint density at radius 1 is 1.25 bits per heavy atom. The Kier molecular flexibility index (Phi) is 4.93. The van der Waals surface area contributed by atoms with Crippen LogP contribution in [-0.4, -0.2) is 17.0 Å². The smallest absolute Gasteiger partial charge is 0.330 e. The van der Waals surface area contributed by atoms with Gasteiger partial charge in [0.2, 0.25) is 5.91 Å². The van der Waals surface area contributed by atoms with E-state index in [1.807, 2.05) is 46.8 Å². The summed E-state index contributed by atoms with van der Waals surface area (Å²) in [6, 6.07) is 4.49. The normalized spacial score (nSPS) is 12.8. The molecule has 0 saturated carbocycles. The number of rotatable bonds is 4. The van der Waals surface area contributed by atoms with Crippen molar-refractivity contribution in [3.63, 3.8) is 0 Å². The van der Waals surface area contributed by atoms with Gasteiger partial charge in [-0.05, 0) is 36.0 Å². The van der Waals surface area contributed by atoms with Crippen LogP contribution in [0.1, 0.15) is 49.9 Å². The maximum absolute atomic E-state index is 12.0. The quantitative estimate of drug-likeness (QED) is 0.889. The van der Waals surface area contributed by atoms with Crippen molar-refractivity contribution in [1.29, 1.82) is 0 Å². The molecular formula is C16H23NO3. The molecular weight excluding hydrogens is 254 g/mol. The van der Waals surface area contributed by atoms with Crippen LogP contribution in [-0.2, 0) is 9.59 Å². The summed E-state index contributed by atoms with van der Waals surface area (Å²) < 4.78 is 0. The highest BCUT2D eigenvalue weighted by Crippen LogP contribution is 2.23. The second-order valence-corrected chi connectivity index (χ2v) is 6.37. The van der Waals surface area contributed by atoms with Gasteiger partial charge in [0.15, 0.2) is 6.04 Å². The summed E-state index contributed by atoms with van der Waals surface area (Å²) in [6.45, 7) is 9.63. The maximum Gasteiger partial charge on any atom is 0.330 e. The van der Waals surface area contributed by atoms with E-state index < -0.39 is 12.0 Å². The Bertz CT molecular complexity index is 515. The first-order valence-electron chi connectivity index (χ1n) is 6.70. The van der Waals surface area contributed by atoms with E-state index in [0.717, 1.165) is 11.1 Å². The number of carboxylic acid groups (broad SMARTS) is 1. The van der Waals surface area contributed by atoms with Gasteiger partial charge in [-0.2, -0.15) is 0 Å². The van der Waals surface area contributed by atoms with Crippen LogP contribution in [0.25, 0.3) is 0 Å². The first-order chi connectivity index (χ1) is 9.11. The summed E-state index contributed by atoms with van der Waals surface area (Å²) in [6.07, 6.45) is 0.293. The number of carbonyl (C=O) groups is 2. The molecule has 0 saturated heterocycles. The summed E-state index contributed by atoms with van der Waals surface area (Å²) in [5.41, 5.74) is 2.38. The predicted octanol–water partition coefficient (Wildman–Crippen LogP) is 2.98. The summed E-state index contributed by atoms with van der Waals surface area (Å²) in [5, 5.41) is 12.0. The number of hydrogen-bond donors (Lipinski definition) is 2. The number of aliphatic carboxylic acids is 1. The molecule has 4 heteroatoms. The van der Waals surface area contributed by atoms with Crippen LogP contribution >= 0.6 is 0 Å². The molecule has 1 rings (SSSR count). The number of nitrogens with one attached hydrogen (secondary N) is 1. The Hall–Kier alpha value is -1.84. The molecule has 1 amide bonds. The van der Waals surface area contributed by atoms with Gasteiger partial charge in [-0.1, -0.05) is 39.0 Å². The van der Waals surface area contributed by atoms with Crippen LogP contribution in [0.3, 0.4) is 0 Å². The van der Waals surface area contributed by atoms with Gasteiger partial charge in [0.25, 0.3) is 0 Å². The highest BCUT2D eigenvalue weighted by atomic mass is 16.4. The minimum Gasteiger partial charge on any atom is -0.479 e. The SMILES string of the molecule is Cc1cccc(C(NC(=O)CC(C)(C)C)C(=O)O)c1C. The average molecular weight is 277 g/mol. The highest BCUT2D eigenvalue weighted by Gasteiger charge is 2.26. The molecule has 0 aromatic heterocycles. The summed E-state index contributed by atoms with van der Waals surface area (Å²) in [7, 11) is 0. The molecule has 1 unspecified atom stereocenters. The Balaban J connectivity index is 2.99. The number of carbonyl (C=O) groups excluding carboxylic acids is 1. The van der Waals surface area contributed by atoms with Gasteiger partial charge in [0.1, 0.15) is 0 Å². The number of benzene rings is 1. The van der Waals surface area contributed by atoms with E-state index >= 15 is 0 Å². The van der Waals surface area contributed by atoms with E-state index in [9.17, 15) is 14.7 Å². The van der Waals surface area contributed by atoms with Crippen LogP contribution in [0.4, 0.5) is 0 Å². The van der Waals surface area contributed by atoms with Crippen molar-refractivity contribution in [2.75, 3.05) is 0 Å². The molecule has 20 heavy (non-hydrogen) atoms. The van der Waals surface area contributed by atoms with Gasteiger partial charge in [-0.25, -0.2) is 4.79 Å². The van der Waals surface area contributed by atoms with Crippen LogP contribution < -0.4 is 5.32 Å². The monoisotopic (exact) mass is 277 g/mol. The molecule has 1 aromatic carbocycles. The van der Waals surface area contributed by atoms with E-state index in [2.05, 4.69) is 5.32 Å². The lowest BCUT2D eigenvalue weighted by atomic mass is 9.91. The summed E-state index contributed by atoms with van der Waals surface area (Å²) in [5.74, 6) is -1.29. The largest absolute Gasteiger partial charge is 0.479 e. The molecule has 0 radical (unpaired) electrons. The lowest BCUT2D eigenvalue weighted by Gasteiger charge is -2.22. The number of hydrogen-bond acceptors (Lipinski definition) is 2. The fraction of sp³-hybridized carbons (Fsp3) is 0.500. The fourth-order valence-corrected chi connectivity index (χ4v) is 2.05. The van der Waals surface area contributed by atoms with E-state index in [0.29, 0.717) is 12.0 Å². The average Bonchev–Trinajstić information content (AvgIpc) is 2.27. The van der Waals surface area contributed by atoms with Gasteiger partial charge < -0.3 is 10.4 Å². The molecule has 4 nitrogen and oxygen atoms in total. The molecule has 0 aliphatic rings. The van der Waals surface area contributed by atoms with Crippen molar-refractivity contribution >= 4 is 11.9 Å². The summed E-state index contributed by atoms with van der Waals surface area (Å²) in [4.78, 5) is 23.4. The molecule has 0 aliphatic carbocycles. The Morgan fingerprint density at radius 2 is 1.85 bits per heavy atom. The highest BCUT2D eigenvalue weighted by molar-refractivity contribution is 5.85. The zero-order chi connectivity index (χ0) is 15.5. The van der Waals surface area contributed by atoms with E-state index in [1.54, 1.807) is 6.07 Å². The zero-order valence-electron chi connectivity index (χ0n) is 12.8. The van der Waals surface area contributed by atoms with Crippen LogP contribution in [0.15, 0.2) is 18.2 Å². The predicted molar refractivity (Wildman–Crippen MR) is 78.5 cm³/mol. The van der Waals surface area contributed by atoms with Gasteiger partial charge in [-0.3, -0.25) is 4.79 Å². The van der Waals surface area contributed by atoms with Crippen molar-refractivity contribution in [3.05, 3.63) is 34.9 Å². The van der Waals surface area contributed by atoms with E-state index in [4.69, 9.17) is 0 Å². The fourth-order valence-electron chi connectivity index (χ4n) is 2.05. The van der Waals surface area contributed by atoms with Crippen molar-refractivity contribution in [2.45, 2.75) is 47.1 Å². The number of aryl methyl sites for hydroxylation is 1. The molecule has 2 N–H and O–H groups in total. The second-order valence-electron chi connectivity index (χ2n) is 6.37. The van der Waals surface area contributed by atoms with Crippen LogP contribution in [0.5, 0.6) is 0 Å². The van der Waals surface area contributed by atoms with Crippen LogP contribution in [0.2, 0.25) is 0 Å². The van der Waals surface area contributed by atoms with Crippen molar-refractivity contribution in [1.82, 2.24) is 5.32 Å². The third kappa shape index (κ3) is 4.37. The minimum atomic E-state index is -1.04.